The van der Waals surface area contributed by atoms with Crippen molar-refractivity contribution in [1.29, 1.82) is 0 Å². The first-order chi connectivity index (χ1) is 12.8. The number of carbonyl (C=O) groups is 1. The molecule has 138 valence electrons. The van der Waals surface area contributed by atoms with Crippen LogP contribution in [0.2, 0.25) is 0 Å². The van der Waals surface area contributed by atoms with E-state index >= 15 is 0 Å². The van der Waals surface area contributed by atoms with Crippen molar-refractivity contribution in [3.63, 3.8) is 0 Å². The third-order valence-electron chi connectivity index (χ3n) is 3.46. The Morgan fingerprint density at radius 2 is 1.59 bits per heavy atom. The molecule has 0 aliphatic heterocycles. The molecule has 1 heterocycles. The number of ether oxygens (including phenoxy) is 1. The highest BCUT2D eigenvalue weighted by molar-refractivity contribution is 6.02. The summed E-state index contributed by atoms with van der Waals surface area (Å²) < 4.78 is 56.0. The predicted molar refractivity (Wildman–Crippen MR) is 90.1 cm³/mol. The Kier molecular flexibility index (Phi) is 5.07. The predicted octanol–water partition coefficient (Wildman–Crippen LogP) is 5.28. The summed E-state index contributed by atoms with van der Waals surface area (Å²) >= 11 is 0. The topological polar surface area (TPSA) is 51.2 Å². The van der Waals surface area contributed by atoms with Gasteiger partial charge < -0.3 is 10.1 Å². The second-order valence-electron chi connectivity index (χ2n) is 5.45. The summed E-state index contributed by atoms with van der Waals surface area (Å²) in [7, 11) is 0. The Morgan fingerprint density at radius 1 is 0.926 bits per heavy atom. The quantitative estimate of drug-likeness (QED) is 0.630. The van der Waals surface area contributed by atoms with Gasteiger partial charge in [0.1, 0.15) is 17.3 Å². The van der Waals surface area contributed by atoms with Crippen molar-refractivity contribution in [2.45, 2.75) is 6.18 Å². The van der Waals surface area contributed by atoms with Crippen LogP contribution in [-0.2, 0) is 6.18 Å². The van der Waals surface area contributed by atoms with E-state index in [-0.39, 0.29) is 17.3 Å². The molecule has 0 saturated carbocycles. The molecule has 0 spiro atoms. The van der Waals surface area contributed by atoms with E-state index in [1.165, 1.54) is 42.5 Å². The summed E-state index contributed by atoms with van der Waals surface area (Å²) in [4.78, 5) is 16.2. The van der Waals surface area contributed by atoms with E-state index in [1.54, 1.807) is 0 Å². The van der Waals surface area contributed by atoms with E-state index in [2.05, 4.69) is 10.3 Å². The van der Waals surface area contributed by atoms with E-state index in [9.17, 15) is 22.4 Å². The number of nitrogens with zero attached hydrogens (tertiary/aromatic N) is 1. The molecule has 0 atom stereocenters. The van der Waals surface area contributed by atoms with E-state index in [0.29, 0.717) is 5.69 Å². The molecule has 0 aliphatic rings. The Bertz CT molecular complexity index is 939. The molecule has 1 amide bonds. The van der Waals surface area contributed by atoms with Crippen molar-refractivity contribution >= 4 is 11.6 Å². The second kappa shape index (κ2) is 7.45. The number of benzene rings is 2. The summed E-state index contributed by atoms with van der Waals surface area (Å²) in [6, 6.07) is 13.7. The summed E-state index contributed by atoms with van der Waals surface area (Å²) in [5.74, 6) is -0.786. The van der Waals surface area contributed by atoms with Gasteiger partial charge in [0.15, 0.2) is 0 Å². The van der Waals surface area contributed by atoms with Crippen LogP contribution in [0.25, 0.3) is 0 Å². The molecular formula is C19H12F4N2O2. The maximum atomic E-state index is 12.9. The smallest absolute Gasteiger partial charge is 0.416 e. The molecule has 27 heavy (non-hydrogen) atoms. The van der Waals surface area contributed by atoms with E-state index < -0.39 is 23.5 Å². The lowest BCUT2D eigenvalue weighted by Gasteiger charge is -2.09. The highest BCUT2D eigenvalue weighted by atomic mass is 19.4. The molecule has 1 aromatic heterocycles. The normalized spacial score (nSPS) is 11.1. The van der Waals surface area contributed by atoms with E-state index in [0.717, 1.165) is 24.3 Å². The summed E-state index contributed by atoms with van der Waals surface area (Å²) in [5.41, 5.74) is -0.378. The zero-order valence-electron chi connectivity index (χ0n) is 13.6. The van der Waals surface area contributed by atoms with Crippen LogP contribution in [0.15, 0.2) is 66.7 Å². The number of amides is 1. The molecule has 0 aliphatic carbocycles. The number of aromatic nitrogens is 1. The fraction of sp³-hybridized carbons (Fsp3) is 0.0526. The van der Waals surface area contributed by atoms with Crippen LogP contribution in [0.3, 0.4) is 0 Å². The molecular weight excluding hydrogens is 364 g/mol. The minimum atomic E-state index is -4.44. The van der Waals surface area contributed by atoms with Gasteiger partial charge in [-0.3, -0.25) is 4.79 Å². The fourth-order valence-electron chi connectivity index (χ4n) is 2.16. The number of hydrogen-bond acceptors (Lipinski definition) is 3. The van der Waals surface area contributed by atoms with Crippen molar-refractivity contribution in [2.24, 2.45) is 0 Å². The van der Waals surface area contributed by atoms with Crippen LogP contribution in [0.4, 0.5) is 23.2 Å². The van der Waals surface area contributed by atoms with Gasteiger partial charge in [-0.15, -0.1) is 0 Å². The van der Waals surface area contributed by atoms with Gasteiger partial charge in [-0.25, -0.2) is 9.37 Å². The van der Waals surface area contributed by atoms with Gasteiger partial charge >= 0.3 is 6.18 Å². The largest absolute Gasteiger partial charge is 0.439 e. The maximum absolute atomic E-state index is 12.9. The van der Waals surface area contributed by atoms with Crippen LogP contribution < -0.4 is 10.1 Å². The van der Waals surface area contributed by atoms with Crippen LogP contribution in [0.5, 0.6) is 11.6 Å². The third-order valence-corrected chi connectivity index (χ3v) is 3.46. The lowest BCUT2D eigenvalue weighted by atomic mass is 10.2. The van der Waals surface area contributed by atoms with Gasteiger partial charge in [0.2, 0.25) is 5.88 Å². The fourth-order valence-corrected chi connectivity index (χ4v) is 2.16. The first-order valence-electron chi connectivity index (χ1n) is 7.70. The number of carbonyl (C=O) groups excluding carboxylic acids is 1. The molecule has 0 saturated heterocycles. The minimum absolute atomic E-state index is 0.0312. The molecule has 4 nitrogen and oxygen atoms in total. The summed E-state index contributed by atoms with van der Waals surface area (Å²) in [6.07, 6.45) is -4.44. The van der Waals surface area contributed by atoms with Crippen LogP contribution in [-0.4, -0.2) is 10.9 Å². The molecule has 8 heteroatoms. The van der Waals surface area contributed by atoms with Crippen molar-refractivity contribution in [1.82, 2.24) is 4.98 Å². The minimum Gasteiger partial charge on any atom is -0.439 e. The molecule has 0 unspecified atom stereocenters. The van der Waals surface area contributed by atoms with Gasteiger partial charge in [-0.05, 0) is 54.6 Å². The Hall–Kier alpha value is -3.42. The SMILES string of the molecule is O=C(Nc1ccc(F)cc1)c1cccc(Oc2ccc(C(F)(F)F)cc2)n1. The van der Waals surface area contributed by atoms with Gasteiger partial charge in [-0.1, -0.05) is 6.07 Å². The molecule has 0 fully saturated rings. The zero-order chi connectivity index (χ0) is 19.4. The third kappa shape index (κ3) is 4.81. The maximum Gasteiger partial charge on any atom is 0.416 e. The standard InChI is InChI=1S/C19H12F4N2O2/c20-13-6-8-14(9-7-13)24-18(26)16-2-1-3-17(25-16)27-15-10-4-12(5-11-15)19(21,22)23/h1-11H,(H,24,26). The van der Waals surface area contributed by atoms with Crippen molar-refractivity contribution in [3.05, 3.63) is 83.8 Å². The van der Waals surface area contributed by atoms with Gasteiger partial charge in [-0.2, -0.15) is 13.2 Å². The van der Waals surface area contributed by atoms with Crippen LogP contribution in [0.1, 0.15) is 16.1 Å². The number of halogens is 4. The van der Waals surface area contributed by atoms with Crippen molar-refractivity contribution in [2.75, 3.05) is 5.32 Å². The first kappa shape index (κ1) is 18.4. The van der Waals surface area contributed by atoms with E-state index in [4.69, 9.17) is 4.74 Å². The summed E-state index contributed by atoms with van der Waals surface area (Å²) in [6.45, 7) is 0. The average Bonchev–Trinajstić information content (AvgIpc) is 2.63. The van der Waals surface area contributed by atoms with Gasteiger partial charge in [0, 0.05) is 11.8 Å². The highest BCUT2D eigenvalue weighted by Crippen LogP contribution is 2.31. The van der Waals surface area contributed by atoms with Crippen LogP contribution in [0, 0.1) is 5.82 Å². The molecule has 3 rings (SSSR count). The Balaban J connectivity index is 1.71. The number of rotatable bonds is 4. The number of pyridine rings is 1. The Labute approximate surface area is 151 Å². The number of anilines is 1. The van der Waals surface area contributed by atoms with Gasteiger partial charge in [0.25, 0.3) is 5.91 Å². The highest BCUT2D eigenvalue weighted by Gasteiger charge is 2.30. The first-order valence-corrected chi connectivity index (χ1v) is 7.70. The number of nitrogens with one attached hydrogen (secondary N) is 1. The van der Waals surface area contributed by atoms with Crippen molar-refractivity contribution in [3.8, 4) is 11.6 Å². The van der Waals surface area contributed by atoms with Gasteiger partial charge in [0.05, 0.1) is 5.56 Å². The Morgan fingerprint density at radius 3 is 2.22 bits per heavy atom. The second-order valence-corrected chi connectivity index (χ2v) is 5.45. The lowest BCUT2D eigenvalue weighted by Crippen LogP contribution is -2.13. The lowest BCUT2D eigenvalue weighted by molar-refractivity contribution is -0.137. The molecule has 0 bridgehead atoms. The zero-order valence-corrected chi connectivity index (χ0v) is 13.6. The monoisotopic (exact) mass is 376 g/mol. The summed E-state index contributed by atoms with van der Waals surface area (Å²) in [5, 5.41) is 2.55. The molecule has 3 aromatic rings. The molecule has 2 aromatic carbocycles. The molecule has 0 radical (unpaired) electrons. The van der Waals surface area contributed by atoms with E-state index in [1.807, 2.05) is 0 Å². The molecule has 1 N–H and O–H groups in total. The number of alkyl halides is 3. The number of hydrogen-bond donors (Lipinski definition) is 1. The van der Waals surface area contributed by atoms with Crippen LogP contribution >= 0.6 is 0 Å². The average molecular weight is 376 g/mol. The van der Waals surface area contributed by atoms with Crippen molar-refractivity contribution < 1.29 is 27.1 Å².